The molecule has 1 aromatic heterocycles. The Bertz CT molecular complexity index is 513. The lowest BCUT2D eigenvalue weighted by Gasteiger charge is -2.26. The Morgan fingerprint density at radius 3 is 2.91 bits per heavy atom. The number of rotatable bonds is 8. The third kappa shape index (κ3) is 6.93. The van der Waals surface area contributed by atoms with Gasteiger partial charge in [-0.15, -0.1) is 0 Å². The summed E-state index contributed by atoms with van der Waals surface area (Å²) in [6.45, 7) is 4.24. The van der Waals surface area contributed by atoms with Crippen molar-refractivity contribution in [2.75, 3.05) is 40.3 Å². The van der Waals surface area contributed by atoms with Crippen LogP contribution in [0.25, 0.3) is 0 Å². The molecule has 1 amide bonds. The molecule has 0 saturated carbocycles. The summed E-state index contributed by atoms with van der Waals surface area (Å²) in [6.07, 6.45) is 7.42. The van der Waals surface area contributed by atoms with Crippen LogP contribution in [0.1, 0.15) is 25.0 Å². The van der Waals surface area contributed by atoms with Crippen molar-refractivity contribution in [1.29, 1.82) is 0 Å². The molecule has 0 fully saturated rings. The minimum atomic E-state index is 0.106. The second-order valence-corrected chi connectivity index (χ2v) is 6.36. The Kier molecular flexibility index (Phi) is 7.23. The Hall–Kier alpha value is -1.72. The minimum Gasteiger partial charge on any atom is -0.355 e. The van der Waals surface area contributed by atoms with Gasteiger partial charge >= 0.3 is 0 Å². The first kappa shape index (κ1) is 17.6. The zero-order valence-corrected chi connectivity index (χ0v) is 14.3. The number of nitrogens with zero attached hydrogens (tertiary/aromatic N) is 3. The van der Waals surface area contributed by atoms with E-state index in [4.69, 9.17) is 0 Å². The van der Waals surface area contributed by atoms with Gasteiger partial charge in [0.25, 0.3) is 0 Å². The number of nitrogens with one attached hydrogen (secondary N) is 1. The molecule has 2 rings (SSSR count). The van der Waals surface area contributed by atoms with Crippen molar-refractivity contribution in [2.24, 2.45) is 0 Å². The van der Waals surface area contributed by atoms with Crippen LogP contribution < -0.4 is 5.32 Å². The van der Waals surface area contributed by atoms with Gasteiger partial charge in [0.05, 0.1) is 12.2 Å². The Morgan fingerprint density at radius 2 is 2.26 bits per heavy atom. The minimum absolute atomic E-state index is 0.106. The van der Waals surface area contributed by atoms with Crippen LogP contribution in [0.3, 0.4) is 0 Å². The smallest absolute Gasteiger partial charge is 0.234 e. The highest BCUT2D eigenvalue weighted by atomic mass is 16.1. The maximum atomic E-state index is 11.5. The first-order chi connectivity index (χ1) is 11.1. The van der Waals surface area contributed by atoms with E-state index in [9.17, 15) is 4.79 Å². The number of carbonyl (C=O) groups is 1. The van der Waals surface area contributed by atoms with E-state index < -0.39 is 0 Å². The van der Waals surface area contributed by atoms with E-state index in [1.165, 1.54) is 5.57 Å². The summed E-state index contributed by atoms with van der Waals surface area (Å²) in [5, 5.41) is 2.97. The predicted octanol–water partition coefficient (Wildman–Crippen LogP) is 1.67. The van der Waals surface area contributed by atoms with E-state index >= 15 is 0 Å². The molecule has 0 unspecified atom stereocenters. The first-order valence-electron chi connectivity index (χ1n) is 8.35. The molecule has 0 radical (unpaired) electrons. The molecule has 126 valence electrons. The normalized spacial score (nSPS) is 15.5. The number of likely N-dealkylation sites (N-methyl/N-ethyl adjacent to an activating group) is 1. The van der Waals surface area contributed by atoms with Crippen LogP contribution >= 0.6 is 0 Å². The van der Waals surface area contributed by atoms with E-state index in [1.54, 1.807) is 0 Å². The van der Waals surface area contributed by atoms with Crippen LogP contribution in [0.15, 0.2) is 36.0 Å². The topological polar surface area (TPSA) is 48.5 Å². The van der Waals surface area contributed by atoms with E-state index in [0.29, 0.717) is 6.54 Å². The highest BCUT2D eigenvalue weighted by molar-refractivity contribution is 5.77. The van der Waals surface area contributed by atoms with Crippen LogP contribution in [0.4, 0.5) is 0 Å². The lowest BCUT2D eigenvalue weighted by Crippen LogP contribution is -2.33. The van der Waals surface area contributed by atoms with Gasteiger partial charge in [-0.3, -0.25) is 14.7 Å². The number of hydrogen-bond acceptors (Lipinski definition) is 4. The fraction of sp³-hybridized carbons (Fsp3) is 0.556. The largest absolute Gasteiger partial charge is 0.355 e. The number of amides is 1. The quantitative estimate of drug-likeness (QED) is 0.585. The molecule has 2 heterocycles. The zero-order chi connectivity index (χ0) is 16.5. The van der Waals surface area contributed by atoms with Crippen molar-refractivity contribution in [3.63, 3.8) is 0 Å². The molecule has 1 N–H and O–H groups in total. The number of hydrogen-bond donors (Lipinski definition) is 1. The maximum absolute atomic E-state index is 11.5. The molecule has 5 nitrogen and oxygen atoms in total. The molecular formula is C18H28N4O. The summed E-state index contributed by atoms with van der Waals surface area (Å²) in [4.78, 5) is 20.2. The summed E-state index contributed by atoms with van der Waals surface area (Å²) < 4.78 is 0. The van der Waals surface area contributed by atoms with Crippen molar-refractivity contribution in [3.8, 4) is 0 Å². The first-order valence-corrected chi connectivity index (χ1v) is 8.35. The van der Waals surface area contributed by atoms with E-state index in [0.717, 1.165) is 51.1 Å². The summed E-state index contributed by atoms with van der Waals surface area (Å²) in [6, 6.07) is 6.07. The molecule has 0 bridgehead atoms. The fourth-order valence-corrected chi connectivity index (χ4v) is 2.73. The Balaban J connectivity index is 1.62. The van der Waals surface area contributed by atoms with Crippen molar-refractivity contribution in [3.05, 3.63) is 41.7 Å². The van der Waals surface area contributed by atoms with E-state index in [2.05, 4.69) is 27.3 Å². The number of aromatic nitrogens is 1. The molecule has 0 spiro atoms. The average molecular weight is 316 g/mol. The molecule has 1 aliphatic rings. The van der Waals surface area contributed by atoms with Crippen LogP contribution in [0.5, 0.6) is 0 Å². The highest BCUT2D eigenvalue weighted by Gasteiger charge is 2.12. The Morgan fingerprint density at radius 1 is 1.39 bits per heavy atom. The lowest BCUT2D eigenvalue weighted by molar-refractivity contribution is -0.121. The SMILES string of the molecule is CN(C)CC(=O)NCCCC1=CCN(Cc2ccccn2)CC1. The van der Waals surface area contributed by atoms with Gasteiger partial charge in [0, 0.05) is 32.4 Å². The molecule has 0 aliphatic carbocycles. The summed E-state index contributed by atoms with van der Waals surface area (Å²) in [5.41, 5.74) is 2.65. The summed E-state index contributed by atoms with van der Waals surface area (Å²) in [7, 11) is 3.81. The molecule has 0 atom stereocenters. The van der Waals surface area contributed by atoms with E-state index in [-0.39, 0.29) is 5.91 Å². The molecule has 1 aromatic rings. The third-order valence-corrected chi connectivity index (χ3v) is 3.96. The lowest BCUT2D eigenvalue weighted by atomic mass is 10.0. The van der Waals surface area contributed by atoms with Gasteiger partial charge in [-0.1, -0.05) is 17.7 Å². The van der Waals surface area contributed by atoms with Crippen LogP contribution in [-0.4, -0.2) is 61.0 Å². The van der Waals surface area contributed by atoms with Crippen molar-refractivity contribution < 1.29 is 4.79 Å². The average Bonchev–Trinajstić information content (AvgIpc) is 2.53. The van der Waals surface area contributed by atoms with Gasteiger partial charge in [-0.25, -0.2) is 0 Å². The number of pyridine rings is 1. The van der Waals surface area contributed by atoms with Gasteiger partial charge in [-0.2, -0.15) is 0 Å². The standard InChI is InChI=1S/C18H28N4O/c1-21(2)15-18(23)20-11-5-6-16-8-12-22(13-9-16)14-17-7-3-4-10-19-17/h3-4,7-8,10H,5-6,9,11-15H2,1-2H3,(H,20,23). The van der Waals surface area contributed by atoms with Crippen molar-refractivity contribution in [1.82, 2.24) is 20.1 Å². The second-order valence-electron chi connectivity index (χ2n) is 6.36. The van der Waals surface area contributed by atoms with Crippen LogP contribution in [0, 0.1) is 0 Å². The van der Waals surface area contributed by atoms with E-state index in [1.807, 2.05) is 37.3 Å². The molecule has 23 heavy (non-hydrogen) atoms. The maximum Gasteiger partial charge on any atom is 0.234 e. The molecule has 0 aromatic carbocycles. The summed E-state index contributed by atoms with van der Waals surface area (Å²) >= 11 is 0. The second kappa shape index (κ2) is 9.43. The molecule has 5 heteroatoms. The summed E-state index contributed by atoms with van der Waals surface area (Å²) in [5.74, 6) is 0.106. The van der Waals surface area contributed by atoms with Gasteiger partial charge < -0.3 is 10.2 Å². The Labute approximate surface area is 139 Å². The van der Waals surface area contributed by atoms with Gasteiger partial charge in [0.1, 0.15) is 0 Å². The van der Waals surface area contributed by atoms with Gasteiger partial charge in [-0.05, 0) is 45.5 Å². The van der Waals surface area contributed by atoms with Gasteiger partial charge in [0.2, 0.25) is 5.91 Å². The fourth-order valence-electron chi connectivity index (χ4n) is 2.73. The third-order valence-electron chi connectivity index (χ3n) is 3.96. The predicted molar refractivity (Wildman–Crippen MR) is 93.0 cm³/mol. The highest BCUT2D eigenvalue weighted by Crippen LogP contribution is 2.16. The van der Waals surface area contributed by atoms with Crippen LogP contribution in [0.2, 0.25) is 0 Å². The van der Waals surface area contributed by atoms with Crippen molar-refractivity contribution >= 4 is 5.91 Å². The van der Waals surface area contributed by atoms with Crippen LogP contribution in [-0.2, 0) is 11.3 Å². The van der Waals surface area contributed by atoms with Gasteiger partial charge in [0.15, 0.2) is 0 Å². The zero-order valence-electron chi connectivity index (χ0n) is 14.3. The molecule has 0 saturated heterocycles. The van der Waals surface area contributed by atoms with Crippen molar-refractivity contribution in [2.45, 2.75) is 25.8 Å². The monoisotopic (exact) mass is 316 g/mol. The molecule has 1 aliphatic heterocycles. The number of carbonyl (C=O) groups excluding carboxylic acids is 1. The molecular weight excluding hydrogens is 288 g/mol.